The predicted molar refractivity (Wildman–Crippen MR) is 83.2 cm³/mol. The highest BCUT2D eigenvalue weighted by atomic mass is 35.5. The monoisotopic (exact) mass is 326 g/mol. The van der Waals surface area contributed by atoms with Crippen molar-refractivity contribution in [2.24, 2.45) is 0 Å². The summed E-state index contributed by atoms with van der Waals surface area (Å²) in [5.74, 6) is 0.792. The van der Waals surface area contributed by atoms with Crippen molar-refractivity contribution in [3.05, 3.63) is 47.5 Å². The van der Waals surface area contributed by atoms with E-state index in [-0.39, 0.29) is 10.6 Å². The van der Waals surface area contributed by atoms with Gasteiger partial charge in [-0.15, -0.1) is 0 Å². The fourth-order valence-corrected chi connectivity index (χ4v) is 2.86. The molecule has 2 aromatic carbocycles. The topological polar surface area (TPSA) is 81.4 Å². The van der Waals surface area contributed by atoms with Crippen molar-refractivity contribution in [2.45, 2.75) is 11.8 Å². The lowest BCUT2D eigenvalue weighted by atomic mass is 10.3. The molecule has 0 bridgehead atoms. The molecule has 0 fully saturated rings. The van der Waals surface area contributed by atoms with Gasteiger partial charge in [0.1, 0.15) is 5.75 Å². The van der Waals surface area contributed by atoms with Gasteiger partial charge in [0, 0.05) is 17.6 Å². The predicted octanol–water partition coefficient (Wildman–Crippen LogP) is 3.01. The van der Waals surface area contributed by atoms with Crippen molar-refractivity contribution in [1.29, 1.82) is 0 Å². The quantitative estimate of drug-likeness (QED) is 0.827. The third-order valence-electron chi connectivity index (χ3n) is 2.67. The van der Waals surface area contributed by atoms with Crippen molar-refractivity contribution in [3.63, 3.8) is 0 Å². The standard InChI is InChI=1S/C14H15ClN2O3S/c1-2-17-21(18,19)12-7-8-13(16)14(9-12)20-11-5-3-10(15)4-6-11/h3-9,17H,2,16H2,1H3. The minimum Gasteiger partial charge on any atom is -0.455 e. The van der Waals surface area contributed by atoms with E-state index in [0.29, 0.717) is 23.0 Å². The van der Waals surface area contributed by atoms with E-state index >= 15 is 0 Å². The minimum absolute atomic E-state index is 0.0995. The highest BCUT2D eigenvalue weighted by molar-refractivity contribution is 7.89. The first-order valence-corrected chi connectivity index (χ1v) is 8.11. The van der Waals surface area contributed by atoms with Crippen LogP contribution in [0.25, 0.3) is 0 Å². The molecule has 0 aliphatic carbocycles. The molecule has 0 aliphatic heterocycles. The van der Waals surface area contributed by atoms with E-state index in [0.717, 1.165) is 0 Å². The Labute approximate surface area is 128 Å². The van der Waals surface area contributed by atoms with E-state index in [2.05, 4.69) is 4.72 Å². The van der Waals surface area contributed by atoms with E-state index in [4.69, 9.17) is 22.1 Å². The highest BCUT2D eigenvalue weighted by Gasteiger charge is 2.15. The van der Waals surface area contributed by atoms with Crippen molar-refractivity contribution in [3.8, 4) is 11.5 Å². The number of hydrogen-bond donors (Lipinski definition) is 2. The lowest BCUT2D eigenvalue weighted by Crippen LogP contribution is -2.23. The lowest BCUT2D eigenvalue weighted by molar-refractivity contribution is 0.483. The summed E-state index contributed by atoms with van der Waals surface area (Å²) in [6.45, 7) is 2.01. The maximum absolute atomic E-state index is 12.0. The van der Waals surface area contributed by atoms with Crippen LogP contribution in [-0.2, 0) is 10.0 Å². The van der Waals surface area contributed by atoms with Gasteiger partial charge in [-0.25, -0.2) is 13.1 Å². The van der Waals surface area contributed by atoms with E-state index in [1.807, 2.05) is 0 Å². The van der Waals surface area contributed by atoms with Gasteiger partial charge < -0.3 is 10.5 Å². The molecule has 2 rings (SSSR count). The first kappa shape index (κ1) is 15.6. The van der Waals surface area contributed by atoms with Crippen LogP contribution in [0.15, 0.2) is 47.4 Å². The number of benzene rings is 2. The van der Waals surface area contributed by atoms with Gasteiger partial charge in [0.05, 0.1) is 10.6 Å². The molecule has 2 aromatic rings. The summed E-state index contributed by atoms with van der Waals surface area (Å²) in [5.41, 5.74) is 6.17. The fourth-order valence-electron chi connectivity index (χ4n) is 1.67. The zero-order chi connectivity index (χ0) is 15.5. The molecular formula is C14H15ClN2O3S. The van der Waals surface area contributed by atoms with E-state index < -0.39 is 10.0 Å². The number of nitrogens with two attached hydrogens (primary N) is 1. The maximum atomic E-state index is 12.0. The van der Waals surface area contributed by atoms with Crippen LogP contribution in [0.4, 0.5) is 5.69 Å². The second kappa shape index (κ2) is 6.34. The Morgan fingerprint density at radius 3 is 2.48 bits per heavy atom. The summed E-state index contributed by atoms with van der Waals surface area (Å²) in [6, 6.07) is 11.0. The average molecular weight is 327 g/mol. The van der Waals surface area contributed by atoms with E-state index in [1.165, 1.54) is 18.2 Å². The second-order valence-electron chi connectivity index (χ2n) is 4.26. The molecule has 0 heterocycles. The third kappa shape index (κ3) is 3.87. The number of rotatable bonds is 5. The Morgan fingerprint density at radius 2 is 1.86 bits per heavy atom. The van der Waals surface area contributed by atoms with Crippen molar-refractivity contribution in [2.75, 3.05) is 12.3 Å². The van der Waals surface area contributed by atoms with Gasteiger partial charge in [-0.05, 0) is 36.4 Å². The fraction of sp³-hybridized carbons (Fsp3) is 0.143. The maximum Gasteiger partial charge on any atom is 0.240 e. The van der Waals surface area contributed by atoms with E-state index in [9.17, 15) is 8.42 Å². The average Bonchev–Trinajstić information content (AvgIpc) is 2.43. The highest BCUT2D eigenvalue weighted by Crippen LogP contribution is 2.30. The van der Waals surface area contributed by atoms with Crippen LogP contribution < -0.4 is 15.2 Å². The molecular weight excluding hydrogens is 312 g/mol. The SMILES string of the molecule is CCNS(=O)(=O)c1ccc(N)c(Oc2ccc(Cl)cc2)c1. The summed E-state index contributed by atoms with van der Waals surface area (Å²) < 4.78 is 32.0. The Hall–Kier alpha value is -1.76. The first-order valence-electron chi connectivity index (χ1n) is 6.25. The molecule has 0 aliphatic rings. The third-order valence-corrected chi connectivity index (χ3v) is 4.47. The van der Waals surface area contributed by atoms with Crippen LogP contribution in [0.3, 0.4) is 0 Å². The normalized spacial score (nSPS) is 11.3. The number of nitrogen functional groups attached to an aromatic ring is 1. The molecule has 0 radical (unpaired) electrons. The molecule has 112 valence electrons. The number of anilines is 1. The first-order chi connectivity index (χ1) is 9.92. The summed E-state index contributed by atoms with van der Waals surface area (Å²) in [5, 5.41) is 0.582. The van der Waals surface area contributed by atoms with Crippen LogP contribution in [0.2, 0.25) is 5.02 Å². The van der Waals surface area contributed by atoms with Crippen LogP contribution in [0.1, 0.15) is 6.92 Å². The molecule has 0 atom stereocenters. The van der Waals surface area contributed by atoms with Crippen LogP contribution in [0.5, 0.6) is 11.5 Å². The van der Waals surface area contributed by atoms with Gasteiger partial charge in [0.15, 0.2) is 5.75 Å². The van der Waals surface area contributed by atoms with Crippen molar-refractivity contribution < 1.29 is 13.2 Å². The van der Waals surface area contributed by atoms with Crippen molar-refractivity contribution in [1.82, 2.24) is 4.72 Å². The van der Waals surface area contributed by atoms with Gasteiger partial charge >= 0.3 is 0 Å². The zero-order valence-corrected chi connectivity index (χ0v) is 12.9. The summed E-state index contributed by atoms with van der Waals surface area (Å²) >= 11 is 5.80. The molecule has 0 saturated heterocycles. The van der Waals surface area contributed by atoms with Gasteiger partial charge in [-0.3, -0.25) is 0 Å². The summed E-state index contributed by atoms with van der Waals surface area (Å²) in [4.78, 5) is 0.0995. The Balaban J connectivity index is 2.33. The minimum atomic E-state index is -3.56. The lowest BCUT2D eigenvalue weighted by Gasteiger charge is -2.11. The molecule has 7 heteroatoms. The Kier molecular flexibility index (Phi) is 4.72. The number of ether oxygens (including phenoxy) is 1. The molecule has 0 amide bonds. The summed E-state index contributed by atoms with van der Waals surface area (Å²) in [7, 11) is -3.56. The van der Waals surface area contributed by atoms with Crippen LogP contribution in [-0.4, -0.2) is 15.0 Å². The molecule has 0 saturated carbocycles. The molecule has 3 N–H and O–H groups in total. The zero-order valence-electron chi connectivity index (χ0n) is 11.3. The summed E-state index contributed by atoms with van der Waals surface area (Å²) in [6.07, 6.45) is 0. The van der Waals surface area contributed by atoms with Gasteiger partial charge in [0.2, 0.25) is 10.0 Å². The number of nitrogens with one attached hydrogen (secondary N) is 1. The number of hydrogen-bond acceptors (Lipinski definition) is 4. The van der Waals surface area contributed by atoms with Crippen LogP contribution >= 0.6 is 11.6 Å². The smallest absolute Gasteiger partial charge is 0.240 e. The van der Waals surface area contributed by atoms with Gasteiger partial charge in [0.25, 0.3) is 0 Å². The van der Waals surface area contributed by atoms with Gasteiger partial charge in [-0.1, -0.05) is 18.5 Å². The number of sulfonamides is 1. The largest absolute Gasteiger partial charge is 0.455 e. The molecule has 5 nitrogen and oxygen atoms in total. The van der Waals surface area contributed by atoms with Gasteiger partial charge in [-0.2, -0.15) is 0 Å². The van der Waals surface area contributed by atoms with Crippen molar-refractivity contribution >= 4 is 27.3 Å². The number of halogens is 1. The second-order valence-corrected chi connectivity index (χ2v) is 6.46. The Bertz CT molecular complexity index is 730. The van der Waals surface area contributed by atoms with E-state index in [1.54, 1.807) is 31.2 Å². The molecule has 0 unspecified atom stereocenters. The molecule has 0 spiro atoms. The molecule has 21 heavy (non-hydrogen) atoms. The Morgan fingerprint density at radius 1 is 1.19 bits per heavy atom. The molecule has 0 aromatic heterocycles. The van der Waals surface area contributed by atoms with Crippen LogP contribution in [0, 0.1) is 0 Å².